The van der Waals surface area contributed by atoms with Crippen molar-refractivity contribution in [2.75, 3.05) is 13.2 Å². The summed E-state index contributed by atoms with van der Waals surface area (Å²) in [6.45, 7) is -1.38. The summed E-state index contributed by atoms with van der Waals surface area (Å²) in [5, 5.41) is 33.8. The minimum absolute atomic E-state index is 0.0411. The second-order valence-electron chi connectivity index (χ2n) is 6.65. The molecule has 0 aromatic heterocycles. The Labute approximate surface area is 177 Å². The van der Waals surface area contributed by atoms with Crippen molar-refractivity contribution < 1.29 is 39.3 Å². The fourth-order valence-corrected chi connectivity index (χ4v) is 2.47. The maximum atomic E-state index is 12.1. The lowest BCUT2D eigenvalue weighted by Crippen LogP contribution is -2.55. The highest BCUT2D eigenvalue weighted by Crippen LogP contribution is 2.03. The number of carbonyl (C=O) groups is 5. The van der Waals surface area contributed by atoms with Gasteiger partial charge < -0.3 is 37.0 Å². The van der Waals surface area contributed by atoms with Crippen LogP contribution < -0.4 is 21.7 Å². The zero-order valence-electron chi connectivity index (χ0n) is 16.6. The normalized spacial score (nSPS) is 13.4. The predicted octanol–water partition coefficient (Wildman–Crippen LogP) is -2.42. The summed E-state index contributed by atoms with van der Waals surface area (Å²) in [4.78, 5) is 57.9. The van der Waals surface area contributed by atoms with Crippen molar-refractivity contribution in [3.63, 3.8) is 0 Å². The van der Waals surface area contributed by atoms with Gasteiger partial charge in [0.1, 0.15) is 12.1 Å². The number of hydrogen-bond acceptors (Lipinski definition) is 7. The molecule has 3 unspecified atom stereocenters. The molecular formula is C19H26N4O8. The predicted molar refractivity (Wildman–Crippen MR) is 107 cm³/mol. The monoisotopic (exact) mass is 438 g/mol. The van der Waals surface area contributed by atoms with Crippen LogP contribution in [-0.2, 0) is 30.4 Å². The number of carboxylic acids is 2. The average molecular weight is 438 g/mol. The van der Waals surface area contributed by atoms with E-state index in [2.05, 4.69) is 16.0 Å². The van der Waals surface area contributed by atoms with Crippen LogP contribution in [0.5, 0.6) is 0 Å². The fraction of sp³-hybridized carbons (Fsp3) is 0.421. The Morgan fingerprint density at radius 3 is 2.13 bits per heavy atom. The van der Waals surface area contributed by atoms with Gasteiger partial charge in [0.25, 0.3) is 0 Å². The van der Waals surface area contributed by atoms with E-state index < -0.39 is 60.9 Å². The van der Waals surface area contributed by atoms with E-state index in [-0.39, 0.29) is 19.3 Å². The number of benzene rings is 1. The van der Waals surface area contributed by atoms with Gasteiger partial charge in [-0.2, -0.15) is 0 Å². The van der Waals surface area contributed by atoms with Crippen molar-refractivity contribution in [2.24, 2.45) is 5.73 Å². The molecule has 3 atom stereocenters. The van der Waals surface area contributed by atoms with E-state index >= 15 is 0 Å². The van der Waals surface area contributed by atoms with Crippen molar-refractivity contribution in [3.8, 4) is 0 Å². The fourth-order valence-electron chi connectivity index (χ4n) is 2.47. The molecule has 0 spiro atoms. The summed E-state index contributed by atoms with van der Waals surface area (Å²) in [7, 11) is 0. The third-order valence-electron chi connectivity index (χ3n) is 4.16. The van der Waals surface area contributed by atoms with Crippen LogP contribution in [0.25, 0.3) is 0 Å². The first-order valence-corrected chi connectivity index (χ1v) is 9.36. The molecular weight excluding hydrogens is 412 g/mol. The molecule has 0 aliphatic rings. The topological polar surface area (TPSA) is 208 Å². The summed E-state index contributed by atoms with van der Waals surface area (Å²) >= 11 is 0. The first kappa shape index (κ1) is 25.5. The lowest BCUT2D eigenvalue weighted by molar-refractivity contribution is -0.141. The number of rotatable bonds is 13. The highest BCUT2D eigenvalue weighted by atomic mass is 16.4. The van der Waals surface area contributed by atoms with Crippen molar-refractivity contribution in [1.82, 2.24) is 16.0 Å². The molecule has 8 N–H and O–H groups in total. The van der Waals surface area contributed by atoms with Crippen LogP contribution in [-0.4, -0.2) is 76.3 Å². The van der Waals surface area contributed by atoms with E-state index in [9.17, 15) is 34.2 Å². The molecule has 0 saturated carbocycles. The highest BCUT2D eigenvalue weighted by Gasteiger charge is 2.25. The van der Waals surface area contributed by atoms with Gasteiger partial charge in [-0.3, -0.25) is 19.2 Å². The summed E-state index contributed by atoms with van der Waals surface area (Å²) < 4.78 is 0. The molecule has 1 aromatic rings. The van der Waals surface area contributed by atoms with Crippen LogP contribution in [0.15, 0.2) is 30.3 Å². The zero-order valence-corrected chi connectivity index (χ0v) is 16.6. The van der Waals surface area contributed by atoms with Gasteiger partial charge >= 0.3 is 11.9 Å². The molecule has 0 aliphatic carbocycles. The Balaban J connectivity index is 2.53. The van der Waals surface area contributed by atoms with Gasteiger partial charge in [0.15, 0.2) is 0 Å². The SMILES string of the molecule is NC(CCC(=O)O)C(=O)NC(CO)C(=O)NCC(=O)NC(Cc1ccccc1)C(=O)O. The van der Waals surface area contributed by atoms with E-state index in [4.69, 9.17) is 10.8 Å². The van der Waals surface area contributed by atoms with Crippen molar-refractivity contribution >= 4 is 29.7 Å². The molecule has 12 heteroatoms. The van der Waals surface area contributed by atoms with E-state index in [1.165, 1.54) is 0 Å². The molecule has 0 bridgehead atoms. The molecule has 31 heavy (non-hydrogen) atoms. The number of nitrogens with two attached hydrogens (primary N) is 1. The number of hydrogen-bond donors (Lipinski definition) is 7. The Bertz CT molecular complexity index is 786. The Morgan fingerprint density at radius 2 is 1.58 bits per heavy atom. The summed E-state index contributed by atoms with van der Waals surface area (Å²) in [5.74, 6) is -4.91. The zero-order chi connectivity index (χ0) is 23.4. The van der Waals surface area contributed by atoms with Crippen LogP contribution in [0.4, 0.5) is 0 Å². The smallest absolute Gasteiger partial charge is 0.326 e. The first-order chi connectivity index (χ1) is 14.6. The Hall–Kier alpha value is -3.51. The number of nitrogens with one attached hydrogen (secondary N) is 3. The quantitative estimate of drug-likeness (QED) is 0.175. The molecule has 0 saturated heterocycles. The molecule has 12 nitrogen and oxygen atoms in total. The summed E-state index contributed by atoms with van der Waals surface area (Å²) in [6.07, 6.45) is -0.473. The second-order valence-corrected chi connectivity index (χ2v) is 6.65. The second kappa shape index (κ2) is 12.9. The largest absolute Gasteiger partial charge is 0.481 e. The number of aliphatic hydroxyl groups excluding tert-OH is 1. The average Bonchev–Trinajstić information content (AvgIpc) is 2.73. The van der Waals surface area contributed by atoms with E-state index in [1.54, 1.807) is 30.3 Å². The third kappa shape index (κ3) is 9.69. The molecule has 1 rings (SSSR count). The van der Waals surface area contributed by atoms with Gasteiger partial charge in [0.2, 0.25) is 17.7 Å². The molecule has 1 aromatic carbocycles. The van der Waals surface area contributed by atoms with Gasteiger partial charge in [-0.1, -0.05) is 30.3 Å². The molecule has 3 amide bonds. The molecule has 0 heterocycles. The van der Waals surface area contributed by atoms with Gasteiger partial charge in [-0.05, 0) is 12.0 Å². The van der Waals surface area contributed by atoms with E-state index in [0.717, 1.165) is 0 Å². The number of amides is 3. The van der Waals surface area contributed by atoms with Gasteiger partial charge in [0.05, 0.1) is 19.2 Å². The lowest BCUT2D eigenvalue weighted by atomic mass is 10.1. The summed E-state index contributed by atoms with van der Waals surface area (Å²) in [6, 6.07) is 4.81. The molecule has 0 aliphatic heterocycles. The van der Waals surface area contributed by atoms with E-state index in [0.29, 0.717) is 5.56 Å². The first-order valence-electron chi connectivity index (χ1n) is 9.36. The molecule has 0 radical (unpaired) electrons. The van der Waals surface area contributed by atoms with Crippen LogP contribution in [0.2, 0.25) is 0 Å². The maximum absolute atomic E-state index is 12.1. The van der Waals surface area contributed by atoms with Crippen LogP contribution >= 0.6 is 0 Å². The number of aliphatic carboxylic acids is 2. The molecule has 170 valence electrons. The minimum atomic E-state index is -1.42. The van der Waals surface area contributed by atoms with Crippen LogP contribution in [0.1, 0.15) is 18.4 Å². The van der Waals surface area contributed by atoms with Crippen molar-refractivity contribution in [1.29, 1.82) is 0 Å². The highest BCUT2D eigenvalue weighted by molar-refractivity contribution is 5.92. The Kier molecular flexibility index (Phi) is 10.6. The van der Waals surface area contributed by atoms with E-state index in [1.807, 2.05) is 0 Å². The maximum Gasteiger partial charge on any atom is 0.326 e. The van der Waals surface area contributed by atoms with Crippen molar-refractivity contribution in [3.05, 3.63) is 35.9 Å². The molecule has 0 fully saturated rings. The van der Waals surface area contributed by atoms with Crippen LogP contribution in [0.3, 0.4) is 0 Å². The number of aliphatic hydroxyl groups is 1. The number of carbonyl (C=O) groups excluding carboxylic acids is 3. The Morgan fingerprint density at radius 1 is 0.935 bits per heavy atom. The van der Waals surface area contributed by atoms with Gasteiger partial charge in [0, 0.05) is 12.8 Å². The van der Waals surface area contributed by atoms with Gasteiger partial charge in [-0.25, -0.2) is 4.79 Å². The third-order valence-corrected chi connectivity index (χ3v) is 4.16. The minimum Gasteiger partial charge on any atom is -0.481 e. The standard InChI is InChI=1S/C19H26N4O8/c20-12(6-7-16(26)27)17(28)23-14(10-24)18(29)21-9-15(25)22-13(19(30)31)8-11-4-2-1-3-5-11/h1-5,12-14,24H,6-10,20H2,(H,21,29)(H,22,25)(H,23,28)(H,26,27)(H,30,31). The lowest BCUT2D eigenvalue weighted by Gasteiger charge is -2.19. The van der Waals surface area contributed by atoms with Crippen LogP contribution in [0, 0.1) is 0 Å². The van der Waals surface area contributed by atoms with Crippen molar-refractivity contribution in [2.45, 2.75) is 37.4 Å². The summed E-state index contributed by atoms with van der Waals surface area (Å²) in [5.41, 5.74) is 6.22. The van der Waals surface area contributed by atoms with Gasteiger partial charge in [-0.15, -0.1) is 0 Å². The number of carboxylic acid groups (broad SMARTS) is 2.